The fourth-order valence-corrected chi connectivity index (χ4v) is 2.19. The van der Waals surface area contributed by atoms with Crippen LogP contribution in [0.5, 0.6) is 0 Å². The molecule has 1 fully saturated rings. The van der Waals surface area contributed by atoms with Gasteiger partial charge in [-0.1, -0.05) is 0 Å². The molecule has 0 saturated carbocycles. The van der Waals surface area contributed by atoms with Gasteiger partial charge in [0.05, 0.1) is 19.3 Å². The van der Waals surface area contributed by atoms with Gasteiger partial charge >= 0.3 is 5.82 Å². The lowest BCUT2D eigenvalue weighted by Gasteiger charge is -2.32. The van der Waals surface area contributed by atoms with Gasteiger partial charge < -0.3 is 24.2 Å². The predicted molar refractivity (Wildman–Crippen MR) is 68.3 cm³/mol. The first-order chi connectivity index (χ1) is 9.75. The Morgan fingerprint density at radius 2 is 2.30 bits per heavy atom. The molecule has 1 saturated heterocycles. The number of pyridine rings is 1. The highest BCUT2D eigenvalue weighted by Crippen LogP contribution is 2.30. The van der Waals surface area contributed by atoms with Gasteiger partial charge in [-0.05, 0) is 22.0 Å². The molecule has 2 aromatic heterocycles. The molecule has 2 aromatic rings. The molecule has 0 spiro atoms. The van der Waals surface area contributed by atoms with Gasteiger partial charge in [0.2, 0.25) is 5.89 Å². The molecule has 0 amide bonds. The van der Waals surface area contributed by atoms with Crippen LogP contribution in [0.4, 0.5) is 11.5 Å². The molecule has 8 nitrogen and oxygen atoms in total. The SMILES string of the molecule is O=[N+]([O-])c1ncccc1N1CCOC(c2ncco2)C1. The van der Waals surface area contributed by atoms with E-state index in [0.29, 0.717) is 31.3 Å². The van der Waals surface area contributed by atoms with Crippen LogP contribution >= 0.6 is 0 Å². The fourth-order valence-electron chi connectivity index (χ4n) is 2.19. The summed E-state index contributed by atoms with van der Waals surface area (Å²) >= 11 is 0. The van der Waals surface area contributed by atoms with Crippen LogP contribution < -0.4 is 4.90 Å². The van der Waals surface area contributed by atoms with E-state index in [4.69, 9.17) is 9.15 Å². The summed E-state index contributed by atoms with van der Waals surface area (Å²) in [5.74, 6) is 0.321. The predicted octanol–water partition coefficient (Wildman–Crippen LogP) is 1.56. The fraction of sp³-hybridized carbons (Fsp3) is 0.333. The van der Waals surface area contributed by atoms with Crippen LogP contribution in [-0.4, -0.2) is 34.6 Å². The molecule has 0 aliphatic carbocycles. The number of hydrogen-bond donors (Lipinski definition) is 0. The van der Waals surface area contributed by atoms with Crippen molar-refractivity contribution in [1.82, 2.24) is 9.97 Å². The smallest absolute Gasteiger partial charge is 0.387 e. The second-order valence-electron chi connectivity index (χ2n) is 4.28. The van der Waals surface area contributed by atoms with E-state index in [9.17, 15) is 10.1 Å². The Hall–Kier alpha value is -2.48. The van der Waals surface area contributed by atoms with Crippen molar-refractivity contribution in [3.8, 4) is 0 Å². The van der Waals surface area contributed by atoms with E-state index >= 15 is 0 Å². The Balaban J connectivity index is 1.86. The molecule has 0 aromatic carbocycles. The van der Waals surface area contributed by atoms with Gasteiger partial charge in [-0.25, -0.2) is 4.98 Å². The lowest BCUT2D eigenvalue weighted by molar-refractivity contribution is -0.388. The number of hydrogen-bond acceptors (Lipinski definition) is 7. The summed E-state index contributed by atoms with van der Waals surface area (Å²) in [6, 6.07) is 3.36. The van der Waals surface area contributed by atoms with Crippen LogP contribution in [-0.2, 0) is 4.74 Å². The normalized spacial score (nSPS) is 19.0. The zero-order valence-corrected chi connectivity index (χ0v) is 10.5. The number of oxazole rings is 1. The van der Waals surface area contributed by atoms with Gasteiger partial charge in [-0.15, -0.1) is 0 Å². The Labute approximate surface area is 114 Å². The van der Waals surface area contributed by atoms with Crippen molar-refractivity contribution in [2.45, 2.75) is 6.10 Å². The third kappa shape index (κ3) is 2.32. The van der Waals surface area contributed by atoms with E-state index in [1.165, 1.54) is 12.5 Å². The van der Waals surface area contributed by atoms with Gasteiger partial charge in [0, 0.05) is 6.54 Å². The standard InChI is InChI=1S/C12H12N4O4/c17-16(18)11-9(2-1-3-13-11)15-5-7-19-10(8-15)12-14-4-6-20-12/h1-4,6,10H,5,7-8H2. The summed E-state index contributed by atoms with van der Waals surface area (Å²) in [6.07, 6.45) is 4.10. The Bertz CT molecular complexity index is 601. The second kappa shape index (κ2) is 5.25. The summed E-state index contributed by atoms with van der Waals surface area (Å²) in [6.45, 7) is 1.44. The molecule has 20 heavy (non-hydrogen) atoms. The third-order valence-corrected chi connectivity index (χ3v) is 3.07. The van der Waals surface area contributed by atoms with E-state index < -0.39 is 4.92 Å². The molecule has 1 aliphatic heterocycles. The first-order valence-electron chi connectivity index (χ1n) is 6.11. The molecule has 8 heteroatoms. The van der Waals surface area contributed by atoms with Crippen LogP contribution in [0, 0.1) is 10.1 Å². The molecule has 0 bridgehead atoms. The van der Waals surface area contributed by atoms with E-state index in [2.05, 4.69) is 9.97 Å². The maximum atomic E-state index is 11.0. The Kier molecular flexibility index (Phi) is 3.30. The zero-order chi connectivity index (χ0) is 13.9. The highest BCUT2D eigenvalue weighted by molar-refractivity contribution is 5.59. The second-order valence-corrected chi connectivity index (χ2v) is 4.28. The molecule has 1 aliphatic rings. The topological polar surface area (TPSA) is 94.5 Å². The van der Waals surface area contributed by atoms with Crippen molar-refractivity contribution in [2.24, 2.45) is 0 Å². The summed E-state index contributed by atoms with van der Waals surface area (Å²) in [5, 5.41) is 11.0. The molecule has 0 radical (unpaired) electrons. The van der Waals surface area contributed by atoms with Crippen molar-refractivity contribution in [1.29, 1.82) is 0 Å². The van der Waals surface area contributed by atoms with Gasteiger partial charge in [-0.2, -0.15) is 0 Å². The number of nitrogens with zero attached hydrogens (tertiary/aromatic N) is 4. The van der Waals surface area contributed by atoms with Crippen molar-refractivity contribution >= 4 is 11.5 Å². The minimum absolute atomic E-state index is 0.152. The van der Waals surface area contributed by atoms with Crippen molar-refractivity contribution in [3.05, 3.63) is 46.8 Å². The average molecular weight is 276 g/mol. The number of anilines is 1. The third-order valence-electron chi connectivity index (χ3n) is 3.07. The first kappa shape index (κ1) is 12.5. The maximum Gasteiger partial charge on any atom is 0.387 e. The molecule has 3 heterocycles. The lowest BCUT2D eigenvalue weighted by atomic mass is 10.2. The highest BCUT2D eigenvalue weighted by Gasteiger charge is 2.29. The van der Waals surface area contributed by atoms with Crippen LogP contribution in [0.15, 0.2) is 35.2 Å². The lowest BCUT2D eigenvalue weighted by Crippen LogP contribution is -2.38. The number of morpholine rings is 1. The number of rotatable bonds is 3. The van der Waals surface area contributed by atoms with E-state index in [0.717, 1.165) is 0 Å². The highest BCUT2D eigenvalue weighted by atomic mass is 16.6. The van der Waals surface area contributed by atoms with Crippen molar-refractivity contribution < 1.29 is 14.1 Å². The molecule has 1 atom stereocenters. The Morgan fingerprint density at radius 1 is 1.40 bits per heavy atom. The van der Waals surface area contributed by atoms with Gasteiger partial charge in [0.15, 0.2) is 6.10 Å². The minimum Gasteiger partial charge on any atom is -0.446 e. The minimum atomic E-state index is -0.481. The monoisotopic (exact) mass is 276 g/mol. The summed E-state index contributed by atoms with van der Waals surface area (Å²) in [5.41, 5.74) is 0.484. The van der Waals surface area contributed by atoms with Crippen LogP contribution in [0.1, 0.15) is 12.0 Å². The van der Waals surface area contributed by atoms with Gasteiger partial charge in [0.25, 0.3) is 0 Å². The number of aromatic nitrogens is 2. The van der Waals surface area contributed by atoms with E-state index in [1.54, 1.807) is 18.3 Å². The average Bonchev–Trinajstić information content (AvgIpc) is 3.01. The zero-order valence-electron chi connectivity index (χ0n) is 10.5. The molecular formula is C12H12N4O4. The number of nitro groups is 1. The molecular weight excluding hydrogens is 264 g/mol. The van der Waals surface area contributed by atoms with E-state index in [-0.39, 0.29) is 11.9 Å². The largest absolute Gasteiger partial charge is 0.446 e. The quantitative estimate of drug-likeness (QED) is 0.620. The van der Waals surface area contributed by atoms with Crippen LogP contribution in [0.3, 0.4) is 0 Å². The number of ether oxygens (including phenoxy) is 1. The Morgan fingerprint density at radius 3 is 3.05 bits per heavy atom. The molecule has 3 rings (SSSR count). The molecule has 1 unspecified atom stereocenters. The van der Waals surface area contributed by atoms with Gasteiger partial charge in [-0.3, -0.25) is 0 Å². The summed E-state index contributed by atoms with van der Waals surface area (Å²) in [7, 11) is 0. The summed E-state index contributed by atoms with van der Waals surface area (Å²) < 4.78 is 10.8. The van der Waals surface area contributed by atoms with E-state index in [1.807, 2.05) is 4.90 Å². The maximum absolute atomic E-state index is 11.0. The summed E-state index contributed by atoms with van der Waals surface area (Å²) in [4.78, 5) is 20.3. The first-order valence-corrected chi connectivity index (χ1v) is 6.11. The van der Waals surface area contributed by atoms with Gasteiger partial charge in [0.1, 0.15) is 18.1 Å². The van der Waals surface area contributed by atoms with Crippen LogP contribution in [0.2, 0.25) is 0 Å². The van der Waals surface area contributed by atoms with Crippen molar-refractivity contribution in [2.75, 3.05) is 24.6 Å². The molecule has 0 N–H and O–H groups in total. The molecule has 104 valence electrons. The van der Waals surface area contributed by atoms with Crippen LogP contribution in [0.25, 0.3) is 0 Å². The van der Waals surface area contributed by atoms with Crippen molar-refractivity contribution in [3.63, 3.8) is 0 Å².